The summed E-state index contributed by atoms with van der Waals surface area (Å²) in [4.78, 5) is 18.1. The van der Waals surface area contributed by atoms with Crippen LogP contribution in [-0.4, -0.2) is 33.1 Å². The number of thiazole rings is 1. The number of hydrogen-bond acceptors (Lipinski definition) is 6. The molecule has 0 aliphatic carbocycles. The largest absolute Gasteiger partial charge is 0.495 e. The van der Waals surface area contributed by atoms with Gasteiger partial charge in [-0.3, -0.25) is 9.52 Å². The van der Waals surface area contributed by atoms with Crippen LogP contribution in [0.15, 0.2) is 70.6 Å². The zero-order chi connectivity index (χ0) is 25.2. The van der Waals surface area contributed by atoms with Gasteiger partial charge in [0.25, 0.3) is 15.9 Å². The standard InChI is InChI=1S/C25H25N3O5S2/c1-5-28-22-20(32-3)13-14-21(33-4)23(22)34-25(28)26-24(29)17-7-6-8-18(15-17)27-35(30,31)19-11-9-16(2)10-12-19/h6-15,27H,5H2,1-4H3. The quantitative estimate of drug-likeness (QED) is 0.391. The second-order valence-electron chi connectivity index (χ2n) is 7.69. The van der Waals surface area contributed by atoms with Gasteiger partial charge < -0.3 is 14.0 Å². The zero-order valence-electron chi connectivity index (χ0n) is 19.7. The van der Waals surface area contributed by atoms with Gasteiger partial charge >= 0.3 is 0 Å². The molecule has 0 atom stereocenters. The molecule has 0 saturated heterocycles. The SMILES string of the molecule is CCn1c(=NC(=O)c2cccc(NS(=O)(=O)c3ccc(C)cc3)c2)sc2c(OC)ccc(OC)c21. The van der Waals surface area contributed by atoms with Gasteiger partial charge in [0.1, 0.15) is 21.7 Å². The van der Waals surface area contributed by atoms with Gasteiger partial charge in [-0.1, -0.05) is 35.1 Å². The minimum atomic E-state index is -3.80. The molecular weight excluding hydrogens is 486 g/mol. The molecule has 1 aromatic heterocycles. The van der Waals surface area contributed by atoms with Gasteiger partial charge in [0, 0.05) is 17.8 Å². The fourth-order valence-corrected chi connectivity index (χ4v) is 5.88. The Labute approximate surface area is 207 Å². The molecule has 10 heteroatoms. The molecule has 8 nitrogen and oxygen atoms in total. The number of amides is 1. The summed E-state index contributed by atoms with van der Waals surface area (Å²) in [5.74, 6) is 0.822. The first-order valence-corrected chi connectivity index (χ1v) is 13.1. The van der Waals surface area contributed by atoms with Crippen molar-refractivity contribution in [1.82, 2.24) is 4.57 Å². The first-order chi connectivity index (χ1) is 16.8. The van der Waals surface area contributed by atoms with Crippen LogP contribution in [-0.2, 0) is 16.6 Å². The zero-order valence-corrected chi connectivity index (χ0v) is 21.4. The summed E-state index contributed by atoms with van der Waals surface area (Å²) in [5.41, 5.74) is 2.28. The summed E-state index contributed by atoms with van der Waals surface area (Å²) >= 11 is 1.32. The topological polar surface area (TPSA) is 99.0 Å². The van der Waals surface area contributed by atoms with E-state index in [1.165, 1.54) is 29.5 Å². The Morgan fingerprint density at radius 3 is 2.37 bits per heavy atom. The average molecular weight is 512 g/mol. The minimum absolute atomic E-state index is 0.140. The van der Waals surface area contributed by atoms with E-state index in [2.05, 4.69) is 9.71 Å². The van der Waals surface area contributed by atoms with Crippen LogP contribution in [0.1, 0.15) is 22.8 Å². The van der Waals surface area contributed by atoms with Crippen molar-refractivity contribution in [3.05, 3.63) is 76.6 Å². The highest BCUT2D eigenvalue weighted by atomic mass is 32.2. The predicted molar refractivity (Wildman–Crippen MR) is 137 cm³/mol. The van der Waals surface area contributed by atoms with Gasteiger partial charge in [-0.25, -0.2) is 8.42 Å². The maximum absolute atomic E-state index is 13.1. The molecule has 0 spiro atoms. The van der Waals surface area contributed by atoms with Crippen molar-refractivity contribution in [2.45, 2.75) is 25.3 Å². The first kappa shape index (κ1) is 24.5. The van der Waals surface area contributed by atoms with E-state index in [4.69, 9.17) is 9.47 Å². The molecule has 0 unspecified atom stereocenters. The van der Waals surface area contributed by atoms with E-state index in [0.29, 0.717) is 22.8 Å². The highest BCUT2D eigenvalue weighted by Crippen LogP contribution is 2.35. The average Bonchev–Trinajstić information content (AvgIpc) is 3.21. The van der Waals surface area contributed by atoms with Crippen LogP contribution in [0.4, 0.5) is 5.69 Å². The molecule has 0 aliphatic rings. The van der Waals surface area contributed by atoms with Gasteiger partial charge in [0.15, 0.2) is 4.80 Å². The molecule has 0 radical (unpaired) electrons. The third-order valence-corrected chi connectivity index (χ3v) is 7.89. The number of hydrogen-bond donors (Lipinski definition) is 1. The number of carbonyl (C=O) groups excluding carboxylic acids is 1. The van der Waals surface area contributed by atoms with Crippen LogP contribution in [0.25, 0.3) is 10.2 Å². The number of sulfonamides is 1. The lowest BCUT2D eigenvalue weighted by molar-refractivity contribution is 0.0998. The van der Waals surface area contributed by atoms with Crippen molar-refractivity contribution in [2.75, 3.05) is 18.9 Å². The third kappa shape index (κ3) is 4.94. The molecular formula is C25H25N3O5S2. The number of carbonyl (C=O) groups is 1. The number of rotatable bonds is 7. The molecule has 0 aliphatic heterocycles. The van der Waals surface area contributed by atoms with Gasteiger partial charge in [-0.15, -0.1) is 0 Å². The number of nitrogens with zero attached hydrogens (tertiary/aromatic N) is 2. The lowest BCUT2D eigenvalue weighted by Crippen LogP contribution is -2.16. The van der Waals surface area contributed by atoms with Crippen molar-refractivity contribution in [3.8, 4) is 11.5 Å². The van der Waals surface area contributed by atoms with Crippen molar-refractivity contribution >= 4 is 43.2 Å². The van der Waals surface area contributed by atoms with Gasteiger partial charge in [0.05, 0.1) is 19.1 Å². The Balaban J connectivity index is 1.71. The number of aryl methyl sites for hydroxylation is 2. The van der Waals surface area contributed by atoms with Crippen molar-refractivity contribution in [2.24, 2.45) is 4.99 Å². The monoisotopic (exact) mass is 511 g/mol. The lowest BCUT2D eigenvalue weighted by atomic mass is 10.2. The summed E-state index contributed by atoms with van der Waals surface area (Å²) < 4.78 is 41.7. The maximum Gasteiger partial charge on any atom is 0.279 e. The summed E-state index contributed by atoms with van der Waals surface area (Å²) in [5, 5.41) is 0. The van der Waals surface area contributed by atoms with Gasteiger partial charge in [-0.05, 0) is 56.3 Å². The number of methoxy groups -OCH3 is 2. The molecule has 4 aromatic rings. The molecule has 1 heterocycles. The third-order valence-electron chi connectivity index (χ3n) is 5.40. The van der Waals surface area contributed by atoms with Crippen molar-refractivity contribution in [3.63, 3.8) is 0 Å². The summed E-state index contributed by atoms with van der Waals surface area (Å²) in [7, 11) is -0.624. The Bertz CT molecular complexity index is 1570. The van der Waals surface area contributed by atoms with E-state index < -0.39 is 15.9 Å². The van der Waals surface area contributed by atoms with E-state index in [9.17, 15) is 13.2 Å². The second kappa shape index (κ2) is 9.93. The number of fused-ring (bicyclic) bond motifs is 1. The smallest absolute Gasteiger partial charge is 0.279 e. The number of nitrogens with one attached hydrogen (secondary N) is 1. The normalized spacial score (nSPS) is 12.1. The number of benzene rings is 3. The molecule has 182 valence electrons. The lowest BCUT2D eigenvalue weighted by Gasteiger charge is -2.09. The molecule has 1 N–H and O–H groups in total. The maximum atomic E-state index is 13.1. The van der Waals surface area contributed by atoms with E-state index in [-0.39, 0.29) is 16.1 Å². The summed E-state index contributed by atoms with van der Waals surface area (Å²) in [6, 6.07) is 16.4. The van der Waals surface area contributed by atoms with Crippen molar-refractivity contribution in [1.29, 1.82) is 0 Å². The van der Waals surface area contributed by atoms with Crippen LogP contribution in [0.2, 0.25) is 0 Å². The van der Waals surface area contributed by atoms with Crippen LogP contribution >= 0.6 is 11.3 Å². The molecule has 35 heavy (non-hydrogen) atoms. The fourth-order valence-electron chi connectivity index (χ4n) is 3.63. The Morgan fingerprint density at radius 2 is 1.71 bits per heavy atom. The number of aromatic nitrogens is 1. The minimum Gasteiger partial charge on any atom is -0.495 e. The highest BCUT2D eigenvalue weighted by Gasteiger charge is 2.17. The van der Waals surface area contributed by atoms with Crippen molar-refractivity contribution < 1.29 is 22.7 Å². The van der Waals surface area contributed by atoms with Crippen LogP contribution in [0.3, 0.4) is 0 Å². The summed E-state index contributed by atoms with van der Waals surface area (Å²) in [6.07, 6.45) is 0. The molecule has 0 fully saturated rings. The molecule has 4 rings (SSSR count). The molecule has 1 amide bonds. The highest BCUT2D eigenvalue weighted by molar-refractivity contribution is 7.92. The Morgan fingerprint density at radius 1 is 1.03 bits per heavy atom. The summed E-state index contributed by atoms with van der Waals surface area (Å²) in [6.45, 7) is 4.40. The molecule has 0 saturated carbocycles. The molecule has 0 bridgehead atoms. The second-order valence-corrected chi connectivity index (χ2v) is 10.4. The molecule has 3 aromatic carbocycles. The Kier molecular flexibility index (Phi) is 6.95. The van der Waals surface area contributed by atoms with Crippen LogP contribution in [0.5, 0.6) is 11.5 Å². The van der Waals surface area contributed by atoms with E-state index in [1.54, 1.807) is 44.6 Å². The number of anilines is 1. The predicted octanol–water partition coefficient (Wildman–Crippen LogP) is 4.59. The first-order valence-electron chi connectivity index (χ1n) is 10.8. The van der Waals surface area contributed by atoms with Gasteiger partial charge in [-0.2, -0.15) is 4.99 Å². The van der Waals surface area contributed by atoms with E-state index >= 15 is 0 Å². The number of ether oxygens (including phenoxy) is 2. The Hall–Kier alpha value is -3.63. The van der Waals surface area contributed by atoms with Gasteiger partial charge in [0.2, 0.25) is 0 Å². The fraction of sp³-hybridized carbons (Fsp3) is 0.200. The van der Waals surface area contributed by atoms with E-state index in [0.717, 1.165) is 15.8 Å². The van der Waals surface area contributed by atoms with Crippen LogP contribution in [0, 0.1) is 6.92 Å². The van der Waals surface area contributed by atoms with Crippen LogP contribution < -0.4 is 19.0 Å². The van der Waals surface area contributed by atoms with E-state index in [1.807, 2.05) is 30.5 Å².